The van der Waals surface area contributed by atoms with Gasteiger partial charge in [-0.3, -0.25) is 4.79 Å². The predicted molar refractivity (Wildman–Crippen MR) is 75.3 cm³/mol. The van der Waals surface area contributed by atoms with E-state index in [1.165, 1.54) is 0 Å². The van der Waals surface area contributed by atoms with Gasteiger partial charge in [0.25, 0.3) is 0 Å². The van der Waals surface area contributed by atoms with Crippen molar-refractivity contribution in [3.05, 3.63) is 29.8 Å². The second-order valence-electron chi connectivity index (χ2n) is 3.88. The Morgan fingerprint density at radius 3 is 2.67 bits per heavy atom. The van der Waals surface area contributed by atoms with Crippen molar-refractivity contribution in [2.45, 2.75) is 19.4 Å². The van der Waals surface area contributed by atoms with Crippen LogP contribution in [0.1, 0.15) is 24.9 Å². The van der Waals surface area contributed by atoms with Crippen molar-refractivity contribution < 1.29 is 9.53 Å². The highest BCUT2D eigenvalue weighted by atomic mass is 35.5. The zero-order valence-electron chi connectivity index (χ0n) is 11.0. The zero-order chi connectivity index (χ0) is 12.7. The molecule has 1 atom stereocenters. The van der Waals surface area contributed by atoms with Gasteiger partial charge in [-0.15, -0.1) is 12.4 Å². The summed E-state index contributed by atoms with van der Waals surface area (Å²) < 4.78 is 5.27. The maximum Gasteiger partial charge on any atom is 0.221 e. The van der Waals surface area contributed by atoms with E-state index in [1.54, 1.807) is 7.11 Å². The molecule has 0 heterocycles. The second kappa shape index (κ2) is 8.78. The summed E-state index contributed by atoms with van der Waals surface area (Å²) in [5.74, 6) is 0.840. The van der Waals surface area contributed by atoms with Crippen LogP contribution in [0.5, 0.6) is 5.75 Å². The molecule has 1 rings (SSSR count). The third-order valence-corrected chi connectivity index (χ3v) is 2.58. The molecule has 1 aromatic carbocycles. The summed E-state index contributed by atoms with van der Waals surface area (Å²) in [6, 6.07) is 7.66. The summed E-state index contributed by atoms with van der Waals surface area (Å²) in [5, 5.41) is 5.90. The minimum absolute atomic E-state index is 0. The Morgan fingerprint density at radius 2 is 2.06 bits per heavy atom. The van der Waals surface area contributed by atoms with Crippen LogP contribution in [0.2, 0.25) is 0 Å². The number of ether oxygens (including phenoxy) is 1. The molecule has 102 valence electrons. The number of hydrogen-bond donors (Lipinski definition) is 2. The first kappa shape index (κ1) is 16.7. The Hall–Kier alpha value is -1.26. The number of carbonyl (C=O) groups excluding carboxylic acids is 1. The van der Waals surface area contributed by atoms with Crippen LogP contribution in [0, 0.1) is 0 Å². The Kier molecular flexibility index (Phi) is 8.16. The highest BCUT2D eigenvalue weighted by Crippen LogP contribution is 2.24. The lowest BCUT2D eigenvalue weighted by Crippen LogP contribution is -2.29. The average Bonchev–Trinajstić information content (AvgIpc) is 2.36. The highest BCUT2D eigenvalue weighted by Gasteiger charge is 2.12. The van der Waals surface area contributed by atoms with E-state index >= 15 is 0 Å². The van der Waals surface area contributed by atoms with E-state index in [4.69, 9.17) is 4.74 Å². The molecule has 18 heavy (non-hydrogen) atoms. The fourth-order valence-electron chi connectivity index (χ4n) is 1.65. The lowest BCUT2D eigenvalue weighted by atomic mass is 10.1. The molecule has 5 heteroatoms. The van der Waals surface area contributed by atoms with Crippen LogP contribution in [0.25, 0.3) is 0 Å². The molecule has 0 aliphatic rings. The lowest BCUT2D eigenvalue weighted by molar-refractivity contribution is -0.121. The van der Waals surface area contributed by atoms with Gasteiger partial charge in [-0.05, 0) is 20.0 Å². The fourth-order valence-corrected chi connectivity index (χ4v) is 1.65. The van der Waals surface area contributed by atoms with Gasteiger partial charge in [-0.2, -0.15) is 0 Å². The number of amides is 1. The van der Waals surface area contributed by atoms with Gasteiger partial charge in [0.05, 0.1) is 13.2 Å². The molecule has 0 saturated heterocycles. The van der Waals surface area contributed by atoms with E-state index in [1.807, 2.05) is 38.2 Å². The minimum Gasteiger partial charge on any atom is -0.496 e. The number of rotatable bonds is 6. The average molecular weight is 273 g/mol. The van der Waals surface area contributed by atoms with Crippen LogP contribution in [0.15, 0.2) is 24.3 Å². The van der Waals surface area contributed by atoms with Crippen molar-refractivity contribution in [2.75, 3.05) is 20.7 Å². The Morgan fingerprint density at radius 1 is 1.39 bits per heavy atom. The lowest BCUT2D eigenvalue weighted by Gasteiger charge is -2.17. The molecule has 0 spiro atoms. The van der Waals surface area contributed by atoms with E-state index in [0.29, 0.717) is 13.0 Å². The van der Waals surface area contributed by atoms with Gasteiger partial charge in [-0.25, -0.2) is 0 Å². The third kappa shape index (κ3) is 4.94. The number of carbonyl (C=O) groups is 1. The van der Waals surface area contributed by atoms with Gasteiger partial charge < -0.3 is 15.4 Å². The van der Waals surface area contributed by atoms with Crippen molar-refractivity contribution in [1.82, 2.24) is 10.6 Å². The first-order valence-electron chi connectivity index (χ1n) is 5.76. The van der Waals surface area contributed by atoms with Crippen molar-refractivity contribution in [3.8, 4) is 5.75 Å². The number of halogens is 1. The van der Waals surface area contributed by atoms with Crippen LogP contribution in [-0.4, -0.2) is 26.6 Å². The minimum atomic E-state index is -0.0458. The van der Waals surface area contributed by atoms with Gasteiger partial charge in [-0.1, -0.05) is 18.2 Å². The number of methoxy groups -OCH3 is 1. The highest BCUT2D eigenvalue weighted by molar-refractivity contribution is 5.85. The summed E-state index contributed by atoms with van der Waals surface area (Å²) in [7, 11) is 3.46. The third-order valence-electron chi connectivity index (χ3n) is 2.58. The predicted octanol–water partition coefficient (Wildman–Crippen LogP) is 1.90. The van der Waals surface area contributed by atoms with E-state index in [9.17, 15) is 4.79 Å². The maximum atomic E-state index is 11.6. The summed E-state index contributed by atoms with van der Waals surface area (Å²) in [6.07, 6.45) is 0.482. The van der Waals surface area contributed by atoms with Gasteiger partial charge in [0.1, 0.15) is 5.75 Å². The second-order valence-corrected chi connectivity index (χ2v) is 3.88. The quantitative estimate of drug-likeness (QED) is 0.832. The zero-order valence-corrected chi connectivity index (χ0v) is 11.8. The molecule has 0 aliphatic carbocycles. The standard InChI is InChI=1S/C13H20N2O2.ClH/c1-10(15-13(16)8-9-14-2)11-6-4-5-7-12(11)17-3;/h4-7,10,14H,8-9H2,1-3H3,(H,15,16);1H. The summed E-state index contributed by atoms with van der Waals surface area (Å²) in [6.45, 7) is 2.64. The molecular weight excluding hydrogens is 252 g/mol. The smallest absolute Gasteiger partial charge is 0.221 e. The first-order valence-corrected chi connectivity index (χ1v) is 5.76. The molecule has 2 N–H and O–H groups in total. The van der Waals surface area contributed by atoms with Crippen molar-refractivity contribution in [3.63, 3.8) is 0 Å². The maximum absolute atomic E-state index is 11.6. The summed E-state index contributed by atoms with van der Waals surface area (Å²) in [4.78, 5) is 11.6. The first-order chi connectivity index (χ1) is 8.19. The number of benzene rings is 1. The van der Waals surface area contributed by atoms with Crippen molar-refractivity contribution in [2.24, 2.45) is 0 Å². The normalized spacial score (nSPS) is 11.3. The van der Waals surface area contributed by atoms with Crippen LogP contribution in [-0.2, 0) is 4.79 Å². The number of para-hydroxylation sites is 1. The van der Waals surface area contributed by atoms with Gasteiger partial charge in [0.2, 0.25) is 5.91 Å². The van der Waals surface area contributed by atoms with Crippen molar-refractivity contribution in [1.29, 1.82) is 0 Å². The SMILES string of the molecule is CNCCC(=O)NC(C)c1ccccc1OC.Cl. The van der Waals surface area contributed by atoms with Crippen LogP contribution in [0.3, 0.4) is 0 Å². The Bertz CT molecular complexity index is 372. The molecular formula is C13H21ClN2O2. The molecule has 1 aromatic rings. The number of nitrogens with one attached hydrogen (secondary N) is 2. The van der Waals surface area contributed by atoms with Crippen LogP contribution < -0.4 is 15.4 Å². The van der Waals surface area contributed by atoms with E-state index in [0.717, 1.165) is 11.3 Å². The van der Waals surface area contributed by atoms with E-state index in [-0.39, 0.29) is 24.4 Å². The molecule has 0 saturated carbocycles. The molecule has 0 radical (unpaired) electrons. The van der Waals surface area contributed by atoms with E-state index in [2.05, 4.69) is 10.6 Å². The Labute approximate surface area is 115 Å². The fraction of sp³-hybridized carbons (Fsp3) is 0.462. The molecule has 0 bridgehead atoms. The summed E-state index contributed by atoms with van der Waals surface area (Å²) >= 11 is 0. The summed E-state index contributed by atoms with van der Waals surface area (Å²) in [5.41, 5.74) is 0.993. The van der Waals surface area contributed by atoms with Gasteiger partial charge in [0.15, 0.2) is 0 Å². The molecule has 4 nitrogen and oxygen atoms in total. The largest absolute Gasteiger partial charge is 0.496 e. The van der Waals surface area contributed by atoms with E-state index < -0.39 is 0 Å². The van der Waals surface area contributed by atoms with Gasteiger partial charge in [0, 0.05) is 18.5 Å². The number of hydrogen-bond acceptors (Lipinski definition) is 3. The molecule has 1 unspecified atom stereocenters. The molecule has 0 fully saturated rings. The Balaban J connectivity index is 0.00000289. The molecule has 1 amide bonds. The molecule has 0 aliphatic heterocycles. The van der Waals surface area contributed by atoms with Crippen LogP contribution >= 0.6 is 12.4 Å². The van der Waals surface area contributed by atoms with Crippen molar-refractivity contribution >= 4 is 18.3 Å². The molecule has 0 aromatic heterocycles. The monoisotopic (exact) mass is 272 g/mol. The van der Waals surface area contributed by atoms with Gasteiger partial charge >= 0.3 is 0 Å². The topological polar surface area (TPSA) is 50.4 Å². The van der Waals surface area contributed by atoms with Crippen LogP contribution in [0.4, 0.5) is 0 Å².